The van der Waals surface area contributed by atoms with Crippen LogP contribution in [-0.4, -0.2) is 28.0 Å². The highest BCUT2D eigenvalue weighted by Gasteiger charge is 2.29. The molecule has 0 aliphatic carbocycles. The number of rotatable bonds is 4. The molecule has 1 aromatic heterocycles. The largest absolute Gasteiger partial charge is 0.353 e. The summed E-state index contributed by atoms with van der Waals surface area (Å²) >= 11 is 0. The molecule has 7 nitrogen and oxygen atoms in total. The molecule has 1 N–H and O–H groups in total. The summed E-state index contributed by atoms with van der Waals surface area (Å²) in [6, 6.07) is 7.64. The van der Waals surface area contributed by atoms with E-state index in [1.54, 1.807) is 0 Å². The lowest BCUT2D eigenvalue weighted by Gasteiger charge is -2.31. The number of hydrogen-bond acceptors (Lipinski definition) is 6. The highest BCUT2D eigenvalue weighted by Crippen LogP contribution is 2.35. The molecule has 0 radical (unpaired) electrons. The molecule has 7 heteroatoms. The van der Waals surface area contributed by atoms with Crippen molar-refractivity contribution in [1.82, 2.24) is 9.97 Å². The Morgan fingerprint density at radius 1 is 1.33 bits per heavy atom. The van der Waals surface area contributed by atoms with Crippen LogP contribution in [0.15, 0.2) is 30.6 Å². The lowest BCUT2D eigenvalue weighted by molar-refractivity contribution is -0.383. The average Bonchev–Trinajstić information content (AvgIpc) is 2.56. The standard InChI is InChI=1S/C17H21N5O2/c1-12-6-5-9-21(10-12)17-15(22(23)24)16(18-11-19-17)20-14-8-4-3-7-13(14)2/h3-4,7-8,11-12H,5-6,9-10H2,1-2H3,(H,18,19,20). The fourth-order valence-electron chi connectivity index (χ4n) is 3.08. The van der Waals surface area contributed by atoms with Crippen LogP contribution in [0.1, 0.15) is 25.3 Å². The van der Waals surface area contributed by atoms with Gasteiger partial charge in [-0.05, 0) is 37.3 Å². The van der Waals surface area contributed by atoms with Gasteiger partial charge < -0.3 is 10.2 Å². The van der Waals surface area contributed by atoms with Gasteiger partial charge in [0, 0.05) is 18.8 Å². The van der Waals surface area contributed by atoms with Crippen molar-refractivity contribution in [2.75, 3.05) is 23.3 Å². The lowest BCUT2D eigenvalue weighted by atomic mass is 10.0. The van der Waals surface area contributed by atoms with Crippen LogP contribution in [0.4, 0.5) is 23.0 Å². The average molecular weight is 327 g/mol. The number of nitrogens with one attached hydrogen (secondary N) is 1. The van der Waals surface area contributed by atoms with Crippen LogP contribution in [-0.2, 0) is 0 Å². The van der Waals surface area contributed by atoms with Crippen molar-refractivity contribution in [2.24, 2.45) is 5.92 Å². The lowest BCUT2D eigenvalue weighted by Crippen LogP contribution is -2.35. The summed E-state index contributed by atoms with van der Waals surface area (Å²) in [5.41, 5.74) is 1.74. The maximum absolute atomic E-state index is 11.7. The minimum Gasteiger partial charge on any atom is -0.350 e. The number of anilines is 3. The van der Waals surface area contributed by atoms with Crippen molar-refractivity contribution in [3.8, 4) is 0 Å². The first-order valence-electron chi connectivity index (χ1n) is 8.13. The third-order valence-electron chi connectivity index (χ3n) is 4.34. The quantitative estimate of drug-likeness (QED) is 0.681. The second-order valence-corrected chi connectivity index (χ2v) is 6.28. The molecule has 1 atom stereocenters. The van der Waals surface area contributed by atoms with E-state index in [0.717, 1.165) is 37.2 Å². The van der Waals surface area contributed by atoms with Gasteiger partial charge in [0.05, 0.1) is 4.92 Å². The molecule has 24 heavy (non-hydrogen) atoms. The summed E-state index contributed by atoms with van der Waals surface area (Å²) in [5, 5.41) is 14.8. The van der Waals surface area contributed by atoms with E-state index in [9.17, 15) is 10.1 Å². The number of nitro groups is 1. The van der Waals surface area contributed by atoms with Gasteiger partial charge in [-0.3, -0.25) is 10.1 Å². The Kier molecular flexibility index (Phi) is 4.59. The van der Waals surface area contributed by atoms with Gasteiger partial charge in [-0.25, -0.2) is 9.97 Å². The van der Waals surface area contributed by atoms with Crippen molar-refractivity contribution in [2.45, 2.75) is 26.7 Å². The third kappa shape index (κ3) is 3.29. The molecule has 0 bridgehead atoms. The number of hydrogen-bond donors (Lipinski definition) is 1. The van der Waals surface area contributed by atoms with Crippen molar-refractivity contribution in [3.05, 3.63) is 46.3 Å². The van der Waals surface area contributed by atoms with E-state index >= 15 is 0 Å². The number of nitrogens with zero attached hydrogens (tertiary/aromatic N) is 4. The molecular weight excluding hydrogens is 306 g/mol. The molecule has 0 spiro atoms. The van der Waals surface area contributed by atoms with Gasteiger partial charge in [-0.1, -0.05) is 25.1 Å². The Balaban J connectivity index is 1.99. The second kappa shape index (κ2) is 6.82. The summed E-state index contributed by atoms with van der Waals surface area (Å²) < 4.78 is 0. The molecule has 0 saturated carbocycles. The van der Waals surface area contributed by atoms with Crippen molar-refractivity contribution in [3.63, 3.8) is 0 Å². The monoisotopic (exact) mass is 327 g/mol. The van der Waals surface area contributed by atoms with E-state index in [1.165, 1.54) is 6.33 Å². The summed E-state index contributed by atoms with van der Waals surface area (Å²) in [6.07, 6.45) is 3.55. The second-order valence-electron chi connectivity index (χ2n) is 6.28. The summed E-state index contributed by atoms with van der Waals surface area (Å²) in [4.78, 5) is 21.6. The van der Waals surface area contributed by atoms with E-state index in [4.69, 9.17) is 0 Å². The zero-order valence-corrected chi connectivity index (χ0v) is 13.9. The Morgan fingerprint density at radius 3 is 2.83 bits per heavy atom. The molecule has 126 valence electrons. The van der Waals surface area contributed by atoms with Crippen LogP contribution in [0.5, 0.6) is 0 Å². The van der Waals surface area contributed by atoms with Crippen LogP contribution in [0.3, 0.4) is 0 Å². The molecule has 2 heterocycles. The Morgan fingerprint density at radius 2 is 2.12 bits per heavy atom. The van der Waals surface area contributed by atoms with Gasteiger partial charge in [-0.2, -0.15) is 0 Å². The smallest absolute Gasteiger partial charge is 0.350 e. The molecule has 1 aliphatic heterocycles. The molecule has 0 amide bonds. The number of benzene rings is 1. The normalized spacial score (nSPS) is 17.6. The zero-order valence-electron chi connectivity index (χ0n) is 13.9. The number of piperidine rings is 1. The van der Waals surface area contributed by atoms with Gasteiger partial charge in [0.2, 0.25) is 11.6 Å². The predicted molar refractivity (Wildman–Crippen MR) is 93.8 cm³/mol. The van der Waals surface area contributed by atoms with Gasteiger partial charge in [0.15, 0.2) is 0 Å². The minimum absolute atomic E-state index is 0.0603. The molecule has 1 aliphatic rings. The molecule has 1 fully saturated rings. The highest BCUT2D eigenvalue weighted by molar-refractivity contribution is 5.75. The Labute approximate surface area is 140 Å². The number of para-hydroxylation sites is 1. The first kappa shape index (κ1) is 16.2. The van der Waals surface area contributed by atoms with Gasteiger partial charge in [-0.15, -0.1) is 0 Å². The molecule has 1 unspecified atom stereocenters. The topological polar surface area (TPSA) is 84.2 Å². The minimum atomic E-state index is -0.394. The van der Waals surface area contributed by atoms with Crippen LogP contribution in [0.25, 0.3) is 0 Å². The van der Waals surface area contributed by atoms with Crippen molar-refractivity contribution < 1.29 is 4.92 Å². The number of aryl methyl sites for hydroxylation is 1. The molecule has 3 rings (SSSR count). The zero-order chi connectivity index (χ0) is 17.1. The van der Waals surface area contributed by atoms with Gasteiger partial charge in [0.25, 0.3) is 0 Å². The summed E-state index contributed by atoms with van der Waals surface area (Å²) in [6.45, 7) is 5.67. The van der Waals surface area contributed by atoms with Crippen molar-refractivity contribution in [1.29, 1.82) is 0 Å². The molecule has 2 aromatic rings. The van der Waals surface area contributed by atoms with Crippen molar-refractivity contribution >= 4 is 23.0 Å². The third-order valence-corrected chi connectivity index (χ3v) is 4.34. The molecule has 1 aromatic carbocycles. The number of aromatic nitrogens is 2. The van der Waals surface area contributed by atoms with Gasteiger partial charge in [0.1, 0.15) is 6.33 Å². The Bertz CT molecular complexity index is 750. The van der Waals surface area contributed by atoms with E-state index in [-0.39, 0.29) is 11.5 Å². The fourth-order valence-corrected chi connectivity index (χ4v) is 3.08. The van der Waals surface area contributed by atoms with E-state index in [1.807, 2.05) is 36.1 Å². The van der Waals surface area contributed by atoms with E-state index < -0.39 is 4.92 Å². The molecular formula is C17H21N5O2. The maximum atomic E-state index is 11.7. The van der Waals surface area contributed by atoms with Crippen LogP contribution >= 0.6 is 0 Å². The first-order valence-corrected chi connectivity index (χ1v) is 8.13. The van der Waals surface area contributed by atoms with Crippen LogP contribution in [0.2, 0.25) is 0 Å². The van der Waals surface area contributed by atoms with Gasteiger partial charge >= 0.3 is 5.69 Å². The van der Waals surface area contributed by atoms with Crippen LogP contribution < -0.4 is 10.2 Å². The molecule has 1 saturated heterocycles. The Hall–Kier alpha value is -2.70. The summed E-state index contributed by atoms with van der Waals surface area (Å²) in [5.74, 6) is 1.14. The highest BCUT2D eigenvalue weighted by atomic mass is 16.6. The van der Waals surface area contributed by atoms with E-state index in [0.29, 0.717) is 11.7 Å². The predicted octanol–water partition coefficient (Wildman–Crippen LogP) is 3.67. The maximum Gasteiger partial charge on any atom is 0.353 e. The first-order chi connectivity index (χ1) is 11.6. The SMILES string of the molecule is Cc1ccccc1Nc1ncnc(N2CCCC(C)C2)c1[N+](=O)[O-]. The summed E-state index contributed by atoms with van der Waals surface area (Å²) in [7, 11) is 0. The van der Waals surface area contributed by atoms with E-state index in [2.05, 4.69) is 22.2 Å². The van der Waals surface area contributed by atoms with Crippen LogP contribution in [0, 0.1) is 23.0 Å². The fraction of sp³-hybridized carbons (Fsp3) is 0.412.